The summed E-state index contributed by atoms with van der Waals surface area (Å²) in [6, 6.07) is 24.3. The molecule has 4 nitrogen and oxygen atoms in total. The van der Waals surface area contributed by atoms with Crippen LogP contribution in [0.1, 0.15) is 66.4 Å². The summed E-state index contributed by atoms with van der Waals surface area (Å²) in [6.07, 6.45) is 3.81. The Morgan fingerprint density at radius 3 is 2.52 bits per heavy atom. The van der Waals surface area contributed by atoms with Crippen molar-refractivity contribution in [3.8, 4) is 16.9 Å². The third-order valence-corrected chi connectivity index (χ3v) is 6.23. The minimum atomic E-state index is 0.102. The Kier molecular flexibility index (Phi) is 7.56. The molecule has 1 N–H and O–H groups in total. The molecule has 4 rings (SSSR count). The van der Waals surface area contributed by atoms with E-state index in [-0.39, 0.29) is 17.6 Å². The van der Waals surface area contributed by atoms with Crippen LogP contribution in [0.25, 0.3) is 11.1 Å². The van der Waals surface area contributed by atoms with Gasteiger partial charge in [0.25, 0.3) is 0 Å². The molecule has 0 fully saturated rings. The lowest BCUT2D eigenvalue weighted by atomic mass is 9.94. The summed E-state index contributed by atoms with van der Waals surface area (Å²) in [6.45, 7) is 3.23. The average molecular weight is 442 g/mol. The molecule has 0 radical (unpaired) electrons. The number of ether oxygens (including phenoxy) is 1. The van der Waals surface area contributed by atoms with Crippen LogP contribution in [0.3, 0.4) is 0 Å². The fourth-order valence-electron chi connectivity index (χ4n) is 4.33. The Hall–Kier alpha value is -3.40. The van der Waals surface area contributed by atoms with Crippen LogP contribution in [0.4, 0.5) is 0 Å². The molecule has 0 heterocycles. The zero-order chi connectivity index (χ0) is 23.0. The van der Waals surface area contributed by atoms with E-state index in [2.05, 4.69) is 30.4 Å². The molecule has 1 atom stereocenters. The molecule has 1 amide bonds. The molecule has 170 valence electrons. The molecule has 0 saturated heterocycles. The molecule has 3 aromatic rings. The van der Waals surface area contributed by atoms with Crippen LogP contribution >= 0.6 is 0 Å². The predicted molar refractivity (Wildman–Crippen MR) is 131 cm³/mol. The smallest absolute Gasteiger partial charge is 0.219 e. The quantitative estimate of drug-likeness (QED) is 0.402. The van der Waals surface area contributed by atoms with Gasteiger partial charge in [0.15, 0.2) is 5.78 Å². The van der Waals surface area contributed by atoms with Gasteiger partial charge in [-0.1, -0.05) is 74.0 Å². The van der Waals surface area contributed by atoms with Gasteiger partial charge in [-0.25, -0.2) is 0 Å². The van der Waals surface area contributed by atoms with Gasteiger partial charge in [0.2, 0.25) is 5.91 Å². The van der Waals surface area contributed by atoms with Crippen LogP contribution < -0.4 is 10.1 Å². The Bertz CT molecular complexity index is 1090. The van der Waals surface area contributed by atoms with Crippen LogP contribution in [0.2, 0.25) is 0 Å². The van der Waals surface area contributed by atoms with Crippen LogP contribution in [0.5, 0.6) is 5.75 Å². The first kappa shape index (κ1) is 22.8. The van der Waals surface area contributed by atoms with E-state index in [0.29, 0.717) is 26.0 Å². The van der Waals surface area contributed by atoms with Crippen molar-refractivity contribution in [1.82, 2.24) is 5.32 Å². The fraction of sp³-hybridized carbons (Fsp3) is 0.310. The molecule has 0 aromatic heterocycles. The number of hydrogen-bond donors (Lipinski definition) is 1. The maximum absolute atomic E-state index is 12.5. The number of nitrogens with one attached hydrogen (secondary N) is 1. The Morgan fingerprint density at radius 1 is 1.00 bits per heavy atom. The van der Waals surface area contributed by atoms with Crippen molar-refractivity contribution in [2.75, 3.05) is 6.54 Å². The Morgan fingerprint density at radius 2 is 1.76 bits per heavy atom. The Labute approximate surface area is 196 Å². The summed E-state index contributed by atoms with van der Waals surface area (Å²) >= 11 is 0. The molecule has 0 aliphatic heterocycles. The molecule has 33 heavy (non-hydrogen) atoms. The molecule has 1 unspecified atom stereocenters. The van der Waals surface area contributed by atoms with Crippen LogP contribution in [-0.2, 0) is 11.4 Å². The summed E-state index contributed by atoms with van der Waals surface area (Å²) in [5, 5.41) is 3.00. The number of ketones is 1. The van der Waals surface area contributed by atoms with Gasteiger partial charge in [-0.15, -0.1) is 0 Å². The first-order valence-corrected chi connectivity index (χ1v) is 11.8. The van der Waals surface area contributed by atoms with Crippen molar-refractivity contribution in [2.24, 2.45) is 0 Å². The zero-order valence-corrected chi connectivity index (χ0v) is 19.2. The molecule has 0 saturated carbocycles. The number of unbranched alkanes of at least 4 members (excludes halogenated alkanes) is 1. The third kappa shape index (κ3) is 5.89. The second kappa shape index (κ2) is 11.0. The standard InChI is InChI=1S/C29H31NO3/c1-2-3-9-29(32)30-17-16-24-19-28(31)26-15-12-23(18-27(24)26)22-10-13-25(14-11-22)33-20-21-7-5-4-6-8-21/h4-8,10-15,18,24H,2-3,9,16-17,19-20H2,1H3,(H,30,32). The molecular weight excluding hydrogens is 410 g/mol. The van der Waals surface area contributed by atoms with E-state index >= 15 is 0 Å². The second-order valence-electron chi connectivity index (χ2n) is 8.67. The monoisotopic (exact) mass is 441 g/mol. The number of benzene rings is 3. The normalized spacial score (nSPS) is 14.7. The van der Waals surface area contributed by atoms with Crippen molar-refractivity contribution >= 4 is 11.7 Å². The van der Waals surface area contributed by atoms with E-state index in [1.807, 2.05) is 54.6 Å². The van der Waals surface area contributed by atoms with Gasteiger partial charge in [-0.3, -0.25) is 9.59 Å². The highest BCUT2D eigenvalue weighted by Crippen LogP contribution is 2.38. The van der Waals surface area contributed by atoms with Crippen LogP contribution in [0, 0.1) is 0 Å². The second-order valence-corrected chi connectivity index (χ2v) is 8.67. The zero-order valence-electron chi connectivity index (χ0n) is 19.2. The first-order valence-electron chi connectivity index (χ1n) is 11.8. The minimum Gasteiger partial charge on any atom is -0.489 e. The summed E-state index contributed by atoms with van der Waals surface area (Å²) < 4.78 is 5.90. The lowest BCUT2D eigenvalue weighted by Gasteiger charge is -2.13. The minimum absolute atomic E-state index is 0.102. The summed E-state index contributed by atoms with van der Waals surface area (Å²) in [4.78, 5) is 24.4. The maximum Gasteiger partial charge on any atom is 0.219 e. The van der Waals surface area contributed by atoms with E-state index in [1.165, 1.54) is 0 Å². The largest absolute Gasteiger partial charge is 0.489 e. The van der Waals surface area contributed by atoms with Gasteiger partial charge in [0, 0.05) is 24.9 Å². The lowest BCUT2D eigenvalue weighted by molar-refractivity contribution is -0.121. The van der Waals surface area contributed by atoms with E-state index < -0.39 is 0 Å². The van der Waals surface area contributed by atoms with Gasteiger partial charge in [-0.2, -0.15) is 0 Å². The number of hydrogen-bond acceptors (Lipinski definition) is 3. The predicted octanol–water partition coefficient (Wildman–Crippen LogP) is 6.30. The fourth-order valence-corrected chi connectivity index (χ4v) is 4.33. The molecule has 3 aromatic carbocycles. The van der Waals surface area contributed by atoms with Gasteiger partial charge < -0.3 is 10.1 Å². The van der Waals surface area contributed by atoms with E-state index in [1.54, 1.807) is 0 Å². The molecule has 4 heteroatoms. The Balaban J connectivity index is 1.40. The van der Waals surface area contributed by atoms with Crippen molar-refractivity contribution in [1.29, 1.82) is 0 Å². The highest BCUT2D eigenvalue weighted by Gasteiger charge is 2.29. The van der Waals surface area contributed by atoms with Gasteiger partial charge >= 0.3 is 0 Å². The highest BCUT2D eigenvalue weighted by atomic mass is 16.5. The number of Topliss-reactive ketones (excluding diaryl/α,β-unsaturated/α-hetero) is 1. The molecule has 0 spiro atoms. The molecular formula is C29H31NO3. The first-order chi connectivity index (χ1) is 16.1. The van der Waals surface area contributed by atoms with Gasteiger partial charge in [0.05, 0.1) is 0 Å². The van der Waals surface area contributed by atoms with Gasteiger partial charge in [0.1, 0.15) is 12.4 Å². The number of carbonyl (C=O) groups excluding carboxylic acids is 2. The number of fused-ring (bicyclic) bond motifs is 1. The number of amides is 1. The third-order valence-electron chi connectivity index (χ3n) is 6.23. The summed E-state index contributed by atoms with van der Waals surface area (Å²) in [7, 11) is 0. The summed E-state index contributed by atoms with van der Waals surface area (Å²) in [5.74, 6) is 1.29. The van der Waals surface area contributed by atoms with Crippen LogP contribution in [0.15, 0.2) is 72.8 Å². The van der Waals surface area contributed by atoms with Crippen molar-refractivity contribution in [2.45, 2.75) is 51.6 Å². The SMILES string of the molecule is CCCCC(=O)NCCC1CC(=O)c2ccc(-c3ccc(OCc4ccccc4)cc3)cc21. The lowest BCUT2D eigenvalue weighted by Crippen LogP contribution is -2.25. The highest BCUT2D eigenvalue weighted by molar-refractivity contribution is 6.01. The van der Waals surface area contributed by atoms with E-state index in [9.17, 15) is 9.59 Å². The topological polar surface area (TPSA) is 55.4 Å². The van der Waals surface area contributed by atoms with Crippen molar-refractivity contribution < 1.29 is 14.3 Å². The van der Waals surface area contributed by atoms with E-state index in [0.717, 1.165) is 52.8 Å². The van der Waals surface area contributed by atoms with Crippen LogP contribution in [-0.4, -0.2) is 18.2 Å². The summed E-state index contributed by atoms with van der Waals surface area (Å²) in [5.41, 5.74) is 5.25. The molecule has 1 aliphatic carbocycles. The number of carbonyl (C=O) groups is 2. The maximum atomic E-state index is 12.5. The van der Waals surface area contributed by atoms with Crippen molar-refractivity contribution in [3.63, 3.8) is 0 Å². The molecule has 0 bridgehead atoms. The average Bonchev–Trinajstić information content (AvgIpc) is 3.17. The number of rotatable bonds is 10. The molecule has 1 aliphatic rings. The van der Waals surface area contributed by atoms with Crippen molar-refractivity contribution in [3.05, 3.63) is 89.5 Å². The van der Waals surface area contributed by atoms with Gasteiger partial charge in [-0.05, 0) is 53.1 Å². The van der Waals surface area contributed by atoms with E-state index in [4.69, 9.17) is 4.74 Å².